The Morgan fingerprint density at radius 1 is 1.28 bits per heavy atom. The van der Waals surface area contributed by atoms with Crippen molar-refractivity contribution in [3.05, 3.63) is 24.4 Å². The van der Waals surface area contributed by atoms with Crippen LogP contribution in [0.25, 0.3) is 10.9 Å². The van der Waals surface area contributed by atoms with Gasteiger partial charge in [0.25, 0.3) is 0 Å². The van der Waals surface area contributed by atoms with Gasteiger partial charge in [-0.2, -0.15) is 5.10 Å². The summed E-state index contributed by atoms with van der Waals surface area (Å²) in [4.78, 5) is 11.7. The molecule has 0 aliphatic carbocycles. The molecular formula is C14H19N3O. The zero-order valence-electron chi connectivity index (χ0n) is 11.3. The number of fused-ring (bicyclic) bond motifs is 1. The zero-order chi connectivity index (χ0) is 13.3. The highest BCUT2D eigenvalue weighted by Crippen LogP contribution is 2.22. The number of nitrogens with zero attached hydrogens (tertiary/aromatic N) is 2. The van der Waals surface area contributed by atoms with Crippen molar-refractivity contribution < 1.29 is 4.79 Å². The molecule has 4 nitrogen and oxygen atoms in total. The molecule has 0 radical (unpaired) electrons. The summed E-state index contributed by atoms with van der Waals surface area (Å²) in [6.45, 7) is 7.94. The Morgan fingerprint density at radius 2 is 2.00 bits per heavy atom. The molecule has 1 amide bonds. The monoisotopic (exact) mass is 245 g/mol. The molecule has 1 aromatic heterocycles. The largest absolute Gasteiger partial charge is 0.326 e. The first-order valence-electron chi connectivity index (χ1n) is 6.27. The lowest BCUT2D eigenvalue weighted by molar-refractivity contribution is -0.118. The van der Waals surface area contributed by atoms with Gasteiger partial charge in [-0.3, -0.25) is 9.48 Å². The summed E-state index contributed by atoms with van der Waals surface area (Å²) >= 11 is 0. The van der Waals surface area contributed by atoms with Gasteiger partial charge in [0.05, 0.1) is 11.7 Å². The molecule has 0 saturated carbocycles. The molecule has 0 aliphatic rings. The van der Waals surface area contributed by atoms with Crippen LogP contribution in [-0.4, -0.2) is 15.7 Å². The van der Waals surface area contributed by atoms with Gasteiger partial charge in [0.2, 0.25) is 5.91 Å². The Kier molecular flexibility index (Phi) is 3.36. The first-order chi connectivity index (χ1) is 8.49. The summed E-state index contributed by atoms with van der Waals surface area (Å²) in [5.74, 6) is 0.0145. The van der Waals surface area contributed by atoms with Gasteiger partial charge in [-0.1, -0.05) is 13.8 Å². The number of carbonyl (C=O) groups is 1. The van der Waals surface area contributed by atoms with E-state index in [9.17, 15) is 4.79 Å². The molecule has 0 bridgehead atoms. The van der Waals surface area contributed by atoms with Crippen molar-refractivity contribution in [1.82, 2.24) is 9.78 Å². The predicted molar refractivity (Wildman–Crippen MR) is 73.6 cm³/mol. The average molecular weight is 245 g/mol. The molecule has 0 atom stereocenters. The lowest BCUT2D eigenvalue weighted by atomic mass is 10.2. The van der Waals surface area contributed by atoms with E-state index >= 15 is 0 Å². The Morgan fingerprint density at radius 3 is 2.61 bits per heavy atom. The van der Waals surface area contributed by atoms with Crippen molar-refractivity contribution in [2.45, 2.75) is 33.7 Å². The van der Waals surface area contributed by atoms with Crippen LogP contribution in [0.2, 0.25) is 0 Å². The Balaban J connectivity index is 2.36. The lowest BCUT2D eigenvalue weighted by Crippen LogP contribution is -2.17. The maximum Gasteiger partial charge on any atom is 0.226 e. The third-order valence-electron chi connectivity index (χ3n) is 2.88. The summed E-state index contributed by atoms with van der Waals surface area (Å²) < 4.78 is 1.96. The van der Waals surface area contributed by atoms with Gasteiger partial charge in [0, 0.05) is 23.0 Å². The van der Waals surface area contributed by atoms with E-state index in [2.05, 4.69) is 24.3 Å². The standard InChI is InChI=1S/C14H19N3O/c1-9(2)14(18)16-12-6-5-11-8-15-17(10(3)4)13(11)7-12/h5-10H,1-4H3,(H,16,18). The van der Waals surface area contributed by atoms with Crippen LogP contribution >= 0.6 is 0 Å². The second kappa shape index (κ2) is 4.80. The van der Waals surface area contributed by atoms with Crippen LogP contribution in [0.15, 0.2) is 24.4 Å². The van der Waals surface area contributed by atoms with Crippen LogP contribution in [0.3, 0.4) is 0 Å². The smallest absolute Gasteiger partial charge is 0.226 e. The molecular weight excluding hydrogens is 226 g/mol. The van der Waals surface area contributed by atoms with Gasteiger partial charge in [0.15, 0.2) is 0 Å². The van der Waals surface area contributed by atoms with Gasteiger partial charge >= 0.3 is 0 Å². The summed E-state index contributed by atoms with van der Waals surface area (Å²) in [6, 6.07) is 6.17. The number of benzene rings is 1. The first kappa shape index (κ1) is 12.6. The number of nitrogens with one attached hydrogen (secondary N) is 1. The van der Waals surface area contributed by atoms with E-state index < -0.39 is 0 Å². The van der Waals surface area contributed by atoms with E-state index in [1.54, 1.807) is 0 Å². The highest BCUT2D eigenvalue weighted by molar-refractivity contribution is 5.94. The van der Waals surface area contributed by atoms with E-state index in [1.807, 2.05) is 42.9 Å². The van der Waals surface area contributed by atoms with Crippen LogP contribution in [0, 0.1) is 5.92 Å². The molecule has 1 N–H and O–H groups in total. The van der Waals surface area contributed by atoms with Crippen LogP contribution < -0.4 is 5.32 Å². The molecule has 0 saturated heterocycles. The lowest BCUT2D eigenvalue weighted by Gasteiger charge is -2.10. The second-order valence-electron chi connectivity index (χ2n) is 5.10. The molecule has 18 heavy (non-hydrogen) atoms. The molecule has 0 unspecified atom stereocenters. The van der Waals surface area contributed by atoms with Crippen molar-refractivity contribution in [1.29, 1.82) is 0 Å². The van der Waals surface area contributed by atoms with Gasteiger partial charge in [0.1, 0.15) is 0 Å². The number of hydrogen-bond acceptors (Lipinski definition) is 2. The van der Waals surface area contributed by atoms with Gasteiger partial charge < -0.3 is 5.32 Å². The molecule has 2 rings (SSSR count). The number of anilines is 1. The van der Waals surface area contributed by atoms with Crippen molar-refractivity contribution in [2.75, 3.05) is 5.32 Å². The van der Waals surface area contributed by atoms with Crippen LogP contribution in [0.1, 0.15) is 33.7 Å². The number of rotatable bonds is 3. The Hall–Kier alpha value is -1.84. The summed E-state index contributed by atoms with van der Waals surface area (Å²) in [6.07, 6.45) is 1.85. The zero-order valence-corrected chi connectivity index (χ0v) is 11.3. The summed E-state index contributed by atoms with van der Waals surface area (Å²) in [7, 11) is 0. The van der Waals surface area contributed by atoms with Gasteiger partial charge in [-0.05, 0) is 32.0 Å². The molecule has 4 heteroatoms. The topological polar surface area (TPSA) is 46.9 Å². The van der Waals surface area contributed by atoms with E-state index in [0.717, 1.165) is 16.6 Å². The van der Waals surface area contributed by atoms with Crippen LogP contribution in [0.5, 0.6) is 0 Å². The Labute approximate surface area is 107 Å². The first-order valence-corrected chi connectivity index (χ1v) is 6.27. The minimum absolute atomic E-state index is 0.0179. The minimum atomic E-state index is -0.0179. The third-order valence-corrected chi connectivity index (χ3v) is 2.88. The Bertz CT molecular complexity index is 569. The fourth-order valence-corrected chi connectivity index (χ4v) is 1.81. The maximum absolute atomic E-state index is 11.7. The molecule has 0 fully saturated rings. The van der Waals surface area contributed by atoms with E-state index in [0.29, 0.717) is 6.04 Å². The van der Waals surface area contributed by atoms with Crippen LogP contribution in [-0.2, 0) is 4.79 Å². The minimum Gasteiger partial charge on any atom is -0.326 e. The number of aromatic nitrogens is 2. The summed E-state index contributed by atoms with van der Waals surface area (Å²) in [5.41, 5.74) is 1.87. The fourth-order valence-electron chi connectivity index (χ4n) is 1.81. The number of hydrogen-bond donors (Lipinski definition) is 1. The highest BCUT2D eigenvalue weighted by atomic mass is 16.1. The van der Waals surface area contributed by atoms with Crippen molar-refractivity contribution in [3.63, 3.8) is 0 Å². The molecule has 1 heterocycles. The van der Waals surface area contributed by atoms with E-state index in [1.165, 1.54) is 0 Å². The van der Waals surface area contributed by atoms with Crippen LogP contribution in [0.4, 0.5) is 5.69 Å². The maximum atomic E-state index is 11.7. The summed E-state index contributed by atoms with van der Waals surface area (Å²) in [5, 5.41) is 8.35. The quantitative estimate of drug-likeness (QED) is 0.902. The predicted octanol–water partition coefficient (Wildman–Crippen LogP) is 3.21. The van der Waals surface area contributed by atoms with E-state index in [-0.39, 0.29) is 11.8 Å². The average Bonchev–Trinajstić information content (AvgIpc) is 2.71. The molecule has 0 spiro atoms. The molecule has 0 aliphatic heterocycles. The number of amides is 1. The van der Waals surface area contributed by atoms with E-state index in [4.69, 9.17) is 0 Å². The third kappa shape index (κ3) is 2.37. The second-order valence-corrected chi connectivity index (χ2v) is 5.10. The van der Waals surface area contributed by atoms with Crippen molar-refractivity contribution in [2.24, 2.45) is 5.92 Å². The van der Waals surface area contributed by atoms with Crippen molar-refractivity contribution >= 4 is 22.5 Å². The highest BCUT2D eigenvalue weighted by Gasteiger charge is 2.10. The molecule has 2 aromatic rings. The number of carbonyl (C=O) groups excluding carboxylic acids is 1. The van der Waals surface area contributed by atoms with Gasteiger partial charge in [-0.15, -0.1) is 0 Å². The normalized spacial score (nSPS) is 11.4. The fraction of sp³-hybridized carbons (Fsp3) is 0.429. The van der Waals surface area contributed by atoms with Crippen molar-refractivity contribution in [3.8, 4) is 0 Å². The SMILES string of the molecule is CC(C)C(=O)Nc1ccc2cnn(C(C)C)c2c1. The molecule has 96 valence electrons. The van der Waals surface area contributed by atoms with Gasteiger partial charge in [-0.25, -0.2) is 0 Å². The molecule has 1 aromatic carbocycles.